The third-order valence-electron chi connectivity index (χ3n) is 7.89. The van der Waals surface area contributed by atoms with Crippen LogP contribution in [0.1, 0.15) is 49.3 Å². The highest BCUT2D eigenvalue weighted by atomic mass is 19.4. The molecule has 0 saturated heterocycles. The minimum absolute atomic E-state index is 0.0241. The molecule has 0 heterocycles. The molecule has 3 aromatic carbocycles. The zero-order valence-electron chi connectivity index (χ0n) is 28.6. The number of carbonyl (C=O) groups excluding carboxylic acids is 2. The number of rotatable bonds is 20. The Balaban J connectivity index is 1.79. The van der Waals surface area contributed by atoms with Crippen LogP contribution in [-0.2, 0) is 31.9 Å². The molecule has 50 heavy (non-hydrogen) atoms. The van der Waals surface area contributed by atoms with E-state index in [0.717, 1.165) is 51.8 Å². The number of aliphatic hydroxyl groups is 2. The Kier molecular flexibility index (Phi) is 15.6. The zero-order chi connectivity index (χ0) is 36.7. The summed E-state index contributed by atoms with van der Waals surface area (Å²) in [4.78, 5) is 23.6. The van der Waals surface area contributed by atoms with Crippen molar-refractivity contribution in [1.29, 1.82) is 0 Å². The molecule has 0 amide bonds. The van der Waals surface area contributed by atoms with Crippen LogP contribution in [0.4, 0.5) is 13.2 Å². The SMILES string of the molecule is C=C(CO)C(=O)OCCOc1cc(OCCOC(=O)C(=C)CO)cc(-c2ccc(-c3ccc(CCCCCC(F)(F)F)c(C)c3)c(CC)c2)c1. The molecule has 0 aliphatic rings. The van der Waals surface area contributed by atoms with Crippen molar-refractivity contribution < 1.29 is 51.9 Å². The summed E-state index contributed by atoms with van der Waals surface area (Å²) < 4.78 is 59.2. The van der Waals surface area contributed by atoms with E-state index in [2.05, 4.69) is 50.4 Å². The molecule has 270 valence electrons. The smallest absolute Gasteiger partial charge is 0.389 e. The van der Waals surface area contributed by atoms with Gasteiger partial charge in [-0.2, -0.15) is 13.2 Å². The highest BCUT2D eigenvalue weighted by Crippen LogP contribution is 2.34. The number of carbonyl (C=O) groups is 2. The number of aliphatic hydroxyl groups excluding tert-OH is 2. The second-order valence-corrected chi connectivity index (χ2v) is 11.7. The van der Waals surface area contributed by atoms with Gasteiger partial charge in [0.1, 0.15) is 37.9 Å². The van der Waals surface area contributed by atoms with Gasteiger partial charge < -0.3 is 29.2 Å². The molecule has 0 unspecified atom stereocenters. The lowest BCUT2D eigenvalue weighted by Gasteiger charge is -2.16. The number of halogens is 3. The molecule has 0 spiro atoms. The number of aryl methyl sites for hydroxylation is 3. The van der Waals surface area contributed by atoms with Crippen LogP contribution in [0.2, 0.25) is 0 Å². The number of hydrogen-bond acceptors (Lipinski definition) is 8. The van der Waals surface area contributed by atoms with Crippen molar-refractivity contribution in [3.8, 4) is 33.8 Å². The summed E-state index contributed by atoms with van der Waals surface area (Å²) in [5, 5.41) is 18.1. The van der Waals surface area contributed by atoms with E-state index in [1.54, 1.807) is 6.07 Å². The first kappa shape index (κ1) is 39.8. The summed E-state index contributed by atoms with van der Waals surface area (Å²) in [6.07, 6.45) is -2.00. The van der Waals surface area contributed by atoms with Gasteiger partial charge in [0.15, 0.2) is 0 Å². The Bertz CT molecular complexity index is 1580. The summed E-state index contributed by atoms with van der Waals surface area (Å²) >= 11 is 0. The summed E-state index contributed by atoms with van der Waals surface area (Å²) in [6.45, 7) is 9.85. The van der Waals surface area contributed by atoms with Crippen LogP contribution in [0, 0.1) is 6.92 Å². The molecule has 3 aromatic rings. The van der Waals surface area contributed by atoms with Crippen molar-refractivity contribution in [2.45, 2.75) is 58.5 Å². The lowest BCUT2D eigenvalue weighted by molar-refractivity contribution is -0.141. The van der Waals surface area contributed by atoms with E-state index in [-0.39, 0.29) is 44.0 Å². The predicted octanol–water partition coefficient (Wildman–Crippen LogP) is 7.50. The number of hydrogen-bond donors (Lipinski definition) is 2. The molecular weight excluding hydrogens is 653 g/mol. The van der Waals surface area contributed by atoms with Crippen molar-refractivity contribution in [3.05, 3.63) is 95.6 Å². The molecule has 0 fully saturated rings. The fraction of sp³-hybridized carbons (Fsp3) is 0.385. The summed E-state index contributed by atoms with van der Waals surface area (Å²) in [7, 11) is 0. The van der Waals surface area contributed by atoms with Crippen LogP contribution in [-0.4, -0.2) is 68.0 Å². The molecule has 0 saturated carbocycles. The van der Waals surface area contributed by atoms with Crippen LogP contribution in [0.3, 0.4) is 0 Å². The number of esters is 2. The summed E-state index contributed by atoms with van der Waals surface area (Å²) in [5.41, 5.74) is 6.98. The molecule has 3 rings (SSSR count). The van der Waals surface area contributed by atoms with Gasteiger partial charge in [-0.05, 0) is 83.7 Å². The Labute approximate surface area is 291 Å². The number of ether oxygens (including phenoxy) is 4. The van der Waals surface area contributed by atoms with Crippen molar-refractivity contribution in [2.75, 3.05) is 39.6 Å². The fourth-order valence-corrected chi connectivity index (χ4v) is 5.14. The average Bonchev–Trinajstić information content (AvgIpc) is 3.10. The van der Waals surface area contributed by atoms with E-state index in [1.807, 2.05) is 25.1 Å². The predicted molar refractivity (Wildman–Crippen MR) is 185 cm³/mol. The van der Waals surface area contributed by atoms with Crippen molar-refractivity contribution in [2.24, 2.45) is 0 Å². The summed E-state index contributed by atoms with van der Waals surface area (Å²) in [5.74, 6) is -0.563. The zero-order valence-corrected chi connectivity index (χ0v) is 28.6. The number of unbranched alkanes of at least 4 members (excludes halogenated alkanes) is 2. The average molecular weight is 699 g/mol. The lowest BCUT2D eigenvalue weighted by Crippen LogP contribution is -2.15. The third kappa shape index (κ3) is 12.7. The van der Waals surface area contributed by atoms with Crippen molar-refractivity contribution in [1.82, 2.24) is 0 Å². The molecule has 0 atom stereocenters. The van der Waals surface area contributed by atoms with Gasteiger partial charge in [0.2, 0.25) is 0 Å². The van der Waals surface area contributed by atoms with Gasteiger partial charge in [-0.15, -0.1) is 0 Å². The van der Waals surface area contributed by atoms with Gasteiger partial charge in [0, 0.05) is 12.5 Å². The largest absolute Gasteiger partial charge is 0.490 e. The molecule has 0 radical (unpaired) electrons. The Morgan fingerprint density at radius 1 is 0.700 bits per heavy atom. The number of benzene rings is 3. The first-order valence-corrected chi connectivity index (χ1v) is 16.5. The standard InChI is InChI=1S/C39H45F3O8/c1-5-29-20-31(12-13-36(29)32-11-10-30(26(2)19-32)9-7-6-8-14-39(40,41)42)33-21-34(47-15-17-49-37(45)27(3)24-43)23-35(22-33)48-16-18-50-38(46)28(4)25-44/h10-13,19-23,43-44H,3-9,14-18,24-25H2,1-2H3. The van der Waals surface area contributed by atoms with Crippen molar-refractivity contribution in [3.63, 3.8) is 0 Å². The van der Waals surface area contributed by atoms with Gasteiger partial charge in [-0.3, -0.25) is 0 Å². The van der Waals surface area contributed by atoms with Crippen LogP contribution < -0.4 is 9.47 Å². The molecule has 0 aromatic heterocycles. The minimum Gasteiger partial charge on any atom is -0.490 e. The lowest BCUT2D eigenvalue weighted by atomic mass is 9.91. The minimum atomic E-state index is -4.11. The van der Waals surface area contributed by atoms with Crippen LogP contribution >= 0.6 is 0 Å². The molecule has 0 bridgehead atoms. The van der Waals surface area contributed by atoms with Gasteiger partial charge in [0.25, 0.3) is 0 Å². The van der Waals surface area contributed by atoms with E-state index in [4.69, 9.17) is 29.2 Å². The normalized spacial score (nSPS) is 11.2. The molecule has 0 aliphatic carbocycles. The molecule has 11 heteroatoms. The van der Waals surface area contributed by atoms with Gasteiger partial charge >= 0.3 is 18.1 Å². The topological polar surface area (TPSA) is 112 Å². The van der Waals surface area contributed by atoms with Crippen LogP contribution in [0.15, 0.2) is 78.9 Å². The highest BCUT2D eigenvalue weighted by molar-refractivity contribution is 5.88. The van der Waals surface area contributed by atoms with Gasteiger partial charge in [-0.25, -0.2) is 9.59 Å². The van der Waals surface area contributed by atoms with E-state index in [9.17, 15) is 22.8 Å². The van der Waals surface area contributed by atoms with E-state index >= 15 is 0 Å². The maximum Gasteiger partial charge on any atom is 0.389 e. The molecular formula is C39H45F3O8. The van der Waals surface area contributed by atoms with E-state index in [1.165, 1.54) is 0 Å². The Morgan fingerprint density at radius 2 is 1.28 bits per heavy atom. The van der Waals surface area contributed by atoms with Crippen molar-refractivity contribution >= 4 is 11.9 Å². The van der Waals surface area contributed by atoms with Gasteiger partial charge in [-0.1, -0.05) is 62.9 Å². The quantitative estimate of drug-likeness (QED) is 0.0710. The monoisotopic (exact) mass is 698 g/mol. The fourth-order valence-electron chi connectivity index (χ4n) is 5.14. The Hall–Kier alpha value is -4.61. The molecule has 8 nitrogen and oxygen atoms in total. The van der Waals surface area contributed by atoms with Crippen LogP contribution in [0.5, 0.6) is 11.5 Å². The molecule has 2 N–H and O–H groups in total. The first-order chi connectivity index (χ1) is 23.8. The second kappa shape index (κ2) is 19.5. The Morgan fingerprint density at radius 3 is 1.80 bits per heavy atom. The van der Waals surface area contributed by atoms with E-state index < -0.39 is 37.7 Å². The number of alkyl halides is 3. The van der Waals surface area contributed by atoms with E-state index in [0.29, 0.717) is 24.3 Å². The van der Waals surface area contributed by atoms with Crippen LogP contribution in [0.25, 0.3) is 22.3 Å². The maximum atomic E-state index is 12.5. The third-order valence-corrected chi connectivity index (χ3v) is 7.89. The van der Waals surface area contributed by atoms with Gasteiger partial charge in [0.05, 0.1) is 24.4 Å². The highest BCUT2D eigenvalue weighted by Gasteiger charge is 2.25. The first-order valence-electron chi connectivity index (χ1n) is 16.5. The summed E-state index contributed by atoms with van der Waals surface area (Å²) in [6, 6.07) is 17.7. The second-order valence-electron chi connectivity index (χ2n) is 11.7. The maximum absolute atomic E-state index is 12.5. The molecule has 0 aliphatic heterocycles.